The molecule has 0 radical (unpaired) electrons. The van der Waals surface area contributed by atoms with Gasteiger partial charge in [0.25, 0.3) is 5.91 Å². The van der Waals surface area contributed by atoms with Gasteiger partial charge in [0.2, 0.25) is 0 Å². The number of thiocarbonyl (C=S) groups is 1. The van der Waals surface area contributed by atoms with Crippen LogP contribution >= 0.6 is 35.4 Å². The summed E-state index contributed by atoms with van der Waals surface area (Å²) < 4.78 is 10.7. The van der Waals surface area contributed by atoms with Crippen LogP contribution in [-0.2, 0) is 0 Å². The van der Waals surface area contributed by atoms with E-state index in [-0.39, 0.29) is 22.3 Å². The Morgan fingerprint density at radius 1 is 1.14 bits per heavy atom. The Morgan fingerprint density at radius 3 is 2.68 bits per heavy atom. The molecule has 1 amide bonds. The molecule has 3 N–H and O–H groups in total. The van der Waals surface area contributed by atoms with Crippen molar-refractivity contribution in [1.29, 1.82) is 0 Å². The summed E-state index contributed by atoms with van der Waals surface area (Å²) >= 11 is 17.2. The first kappa shape index (κ1) is 20.0. The van der Waals surface area contributed by atoms with E-state index in [9.17, 15) is 9.90 Å². The second-order valence-corrected chi connectivity index (χ2v) is 6.83. The fraction of sp³-hybridized carbons (Fsp3) is 0.0526. The third kappa shape index (κ3) is 4.56. The predicted molar refractivity (Wildman–Crippen MR) is 113 cm³/mol. The number of phenols is 1. The Balaban J connectivity index is 1.71. The van der Waals surface area contributed by atoms with Crippen LogP contribution in [0, 0.1) is 0 Å². The molecule has 3 aromatic rings. The summed E-state index contributed by atoms with van der Waals surface area (Å²) in [5.74, 6) is 0.327. The summed E-state index contributed by atoms with van der Waals surface area (Å²) in [6.07, 6.45) is 0. The molecular weight excluding hydrogens is 423 g/mol. The Hall–Kier alpha value is -2.74. The van der Waals surface area contributed by atoms with Gasteiger partial charge in [-0.1, -0.05) is 23.2 Å². The number of aromatic hydroxyl groups is 1. The van der Waals surface area contributed by atoms with Gasteiger partial charge in [-0.15, -0.1) is 0 Å². The predicted octanol–water partition coefficient (Wildman–Crippen LogP) is 5.09. The van der Waals surface area contributed by atoms with Gasteiger partial charge in [-0.2, -0.15) is 0 Å². The van der Waals surface area contributed by atoms with E-state index in [4.69, 9.17) is 44.6 Å². The normalized spacial score (nSPS) is 10.4. The van der Waals surface area contributed by atoms with Crippen LogP contribution in [0.15, 0.2) is 52.9 Å². The lowest BCUT2D eigenvalue weighted by molar-refractivity contribution is 0.0951. The fourth-order valence-corrected chi connectivity index (χ4v) is 2.94. The molecule has 144 valence electrons. The van der Waals surface area contributed by atoms with Crippen molar-refractivity contribution in [2.45, 2.75) is 0 Å². The Morgan fingerprint density at radius 2 is 1.93 bits per heavy atom. The number of rotatable bonds is 4. The van der Waals surface area contributed by atoms with Gasteiger partial charge >= 0.3 is 0 Å². The Bertz CT molecular complexity index is 1050. The third-order valence-electron chi connectivity index (χ3n) is 3.70. The summed E-state index contributed by atoms with van der Waals surface area (Å²) in [6.45, 7) is 0. The largest absolute Gasteiger partial charge is 0.506 e. The number of carbonyl (C=O) groups excluding carboxylic acids is 1. The van der Waals surface area contributed by atoms with E-state index < -0.39 is 5.91 Å². The van der Waals surface area contributed by atoms with E-state index in [1.54, 1.807) is 36.4 Å². The number of carbonyl (C=O) groups is 1. The van der Waals surface area contributed by atoms with Crippen LogP contribution in [-0.4, -0.2) is 23.2 Å². The summed E-state index contributed by atoms with van der Waals surface area (Å²) in [5.41, 5.74) is 0.853. The van der Waals surface area contributed by atoms with Gasteiger partial charge in [0.15, 0.2) is 10.9 Å². The van der Waals surface area contributed by atoms with Crippen molar-refractivity contribution in [3.05, 3.63) is 64.3 Å². The highest BCUT2D eigenvalue weighted by atomic mass is 35.5. The summed E-state index contributed by atoms with van der Waals surface area (Å²) in [6, 6.07) is 12.6. The standard InChI is InChI=1S/C19H14Cl2N2O4S/c1-26-11-3-5-15(24)14(9-11)22-19(28)23-18(25)17-7-6-16(27-17)12-8-10(20)2-4-13(12)21/h2-9,24H,1H3,(H2,22,23,25,28). The van der Waals surface area contributed by atoms with Crippen LogP contribution in [0.4, 0.5) is 5.69 Å². The molecule has 0 bridgehead atoms. The average Bonchev–Trinajstić information content (AvgIpc) is 3.15. The van der Waals surface area contributed by atoms with E-state index in [2.05, 4.69) is 10.6 Å². The van der Waals surface area contributed by atoms with Crippen LogP contribution in [0.5, 0.6) is 11.5 Å². The maximum Gasteiger partial charge on any atom is 0.293 e. The summed E-state index contributed by atoms with van der Waals surface area (Å²) in [4.78, 5) is 12.4. The number of anilines is 1. The highest BCUT2D eigenvalue weighted by Crippen LogP contribution is 2.32. The Kier molecular flexibility index (Phi) is 6.08. The smallest absolute Gasteiger partial charge is 0.293 e. The van der Waals surface area contributed by atoms with Gasteiger partial charge in [-0.25, -0.2) is 0 Å². The maximum atomic E-state index is 12.4. The number of phenolic OH excluding ortho intramolecular Hbond substituents is 1. The molecule has 1 aromatic heterocycles. The minimum absolute atomic E-state index is 0.0210. The molecule has 0 fully saturated rings. The van der Waals surface area contributed by atoms with Crippen molar-refractivity contribution in [1.82, 2.24) is 5.32 Å². The molecular formula is C19H14Cl2N2O4S. The number of furan rings is 1. The van der Waals surface area contributed by atoms with Crippen LogP contribution in [0.1, 0.15) is 10.6 Å². The van der Waals surface area contributed by atoms with Crippen molar-refractivity contribution in [2.24, 2.45) is 0 Å². The number of ether oxygens (including phenoxy) is 1. The van der Waals surface area contributed by atoms with Gasteiger partial charge < -0.3 is 19.6 Å². The van der Waals surface area contributed by atoms with Crippen LogP contribution in [0.3, 0.4) is 0 Å². The van der Waals surface area contributed by atoms with E-state index >= 15 is 0 Å². The number of hydrogen-bond donors (Lipinski definition) is 3. The molecule has 0 saturated carbocycles. The minimum Gasteiger partial charge on any atom is -0.506 e. The third-order valence-corrected chi connectivity index (χ3v) is 4.47. The topological polar surface area (TPSA) is 83.7 Å². The molecule has 0 aliphatic heterocycles. The molecule has 0 aliphatic carbocycles. The van der Waals surface area contributed by atoms with E-state index in [0.29, 0.717) is 27.1 Å². The lowest BCUT2D eigenvalue weighted by Gasteiger charge is -2.11. The SMILES string of the molecule is COc1ccc(O)c(NC(=S)NC(=O)c2ccc(-c3cc(Cl)ccc3Cl)o2)c1. The van der Waals surface area contributed by atoms with Crippen LogP contribution < -0.4 is 15.4 Å². The fourth-order valence-electron chi connectivity index (χ4n) is 2.35. The van der Waals surface area contributed by atoms with Crippen molar-refractivity contribution >= 4 is 52.1 Å². The molecule has 1 heterocycles. The zero-order valence-electron chi connectivity index (χ0n) is 14.5. The van der Waals surface area contributed by atoms with Crippen molar-refractivity contribution < 1.29 is 19.1 Å². The van der Waals surface area contributed by atoms with E-state index in [1.165, 1.54) is 19.2 Å². The van der Waals surface area contributed by atoms with E-state index in [1.807, 2.05) is 0 Å². The molecule has 0 atom stereocenters. The highest BCUT2D eigenvalue weighted by molar-refractivity contribution is 7.80. The van der Waals surface area contributed by atoms with Gasteiger partial charge in [0, 0.05) is 16.7 Å². The first-order valence-corrected chi connectivity index (χ1v) is 9.08. The number of halogens is 2. The van der Waals surface area contributed by atoms with Crippen molar-refractivity contribution in [3.63, 3.8) is 0 Å². The average molecular weight is 437 g/mol. The molecule has 6 nitrogen and oxygen atoms in total. The molecule has 0 saturated heterocycles. The summed E-state index contributed by atoms with van der Waals surface area (Å²) in [5, 5.41) is 16.0. The van der Waals surface area contributed by atoms with Gasteiger partial charge in [-0.05, 0) is 54.7 Å². The van der Waals surface area contributed by atoms with Gasteiger partial charge in [-0.3, -0.25) is 10.1 Å². The molecule has 0 unspecified atom stereocenters. The second kappa shape index (κ2) is 8.52. The zero-order chi connectivity index (χ0) is 20.3. The zero-order valence-corrected chi connectivity index (χ0v) is 16.8. The molecule has 2 aromatic carbocycles. The molecule has 0 spiro atoms. The molecule has 3 rings (SSSR count). The first-order chi connectivity index (χ1) is 13.4. The maximum absolute atomic E-state index is 12.4. The Labute approximate surface area is 176 Å². The minimum atomic E-state index is -0.565. The first-order valence-electron chi connectivity index (χ1n) is 7.92. The monoisotopic (exact) mass is 436 g/mol. The van der Waals surface area contributed by atoms with Gasteiger partial charge in [0.05, 0.1) is 17.8 Å². The van der Waals surface area contributed by atoms with Gasteiger partial charge in [0.1, 0.15) is 17.3 Å². The van der Waals surface area contributed by atoms with Crippen LogP contribution in [0.2, 0.25) is 10.0 Å². The lowest BCUT2D eigenvalue weighted by Crippen LogP contribution is -2.33. The molecule has 9 heteroatoms. The number of methoxy groups -OCH3 is 1. The number of amides is 1. The number of nitrogens with one attached hydrogen (secondary N) is 2. The molecule has 28 heavy (non-hydrogen) atoms. The quantitative estimate of drug-likeness (QED) is 0.389. The number of hydrogen-bond acceptors (Lipinski definition) is 5. The highest BCUT2D eigenvalue weighted by Gasteiger charge is 2.16. The molecule has 0 aliphatic rings. The lowest BCUT2D eigenvalue weighted by atomic mass is 10.2. The van der Waals surface area contributed by atoms with Crippen molar-refractivity contribution in [3.8, 4) is 22.8 Å². The number of benzene rings is 2. The summed E-state index contributed by atoms with van der Waals surface area (Å²) in [7, 11) is 1.50. The second-order valence-electron chi connectivity index (χ2n) is 5.58. The van der Waals surface area contributed by atoms with Crippen LogP contribution in [0.25, 0.3) is 11.3 Å². The van der Waals surface area contributed by atoms with E-state index in [0.717, 1.165) is 0 Å². The van der Waals surface area contributed by atoms with Crippen molar-refractivity contribution in [2.75, 3.05) is 12.4 Å².